The van der Waals surface area contributed by atoms with Gasteiger partial charge in [-0.25, -0.2) is 0 Å². The SMILES string of the molecule is O=C(O)[C@H]1CSC(c2cccc(O)c2)N1. The summed E-state index contributed by atoms with van der Waals surface area (Å²) in [4.78, 5) is 10.7. The molecule has 15 heavy (non-hydrogen) atoms. The molecular weight excluding hydrogens is 214 g/mol. The number of carboxylic acid groups (broad SMARTS) is 1. The van der Waals surface area contributed by atoms with Crippen molar-refractivity contribution in [2.45, 2.75) is 11.4 Å². The number of aliphatic carboxylic acids is 1. The van der Waals surface area contributed by atoms with Crippen LogP contribution in [0.2, 0.25) is 0 Å². The van der Waals surface area contributed by atoms with Crippen molar-refractivity contribution in [3.05, 3.63) is 29.8 Å². The molecule has 0 aliphatic carbocycles. The maximum absolute atomic E-state index is 10.7. The molecule has 1 saturated heterocycles. The Morgan fingerprint density at radius 2 is 2.33 bits per heavy atom. The molecule has 1 aliphatic heterocycles. The maximum atomic E-state index is 10.7. The van der Waals surface area contributed by atoms with Crippen molar-refractivity contribution in [2.75, 3.05) is 5.75 Å². The van der Waals surface area contributed by atoms with Crippen LogP contribution in [0.4, 0.5) is 0 Å². The van der Waals surface area contributed by atoms with Crippen LogP contribution in [0.25, 0.3) is 0 Å². The van der Waals surface area contributed by atoms with Crippen LogP contribution in [0.5, 0.6) is 5.75 Å². The summed E-state index contributed by atoms with van der Waals surface area (Å²) in [5.74, 6) is -0.0748. The molecule has 1 aliphatic rings. The molecule has 0 amide bonds. The minimum Gasteiger partial charge on any atom is -0.508 e. The number of phenols is 1. The highest BCUT2D eigenvalue weighted by Crippen LogP contribution is 2.33. The number of hydrogen-bond donors (Lipinski definition) is 3. The van der Waals surface area contributed by atoms with E-state index in [0.29, 0.717) is 5.75 Å². The molecule has 4 nitrogen and oxygen atoms in total. The van der Waals surface area contributed by atoms with E-state index in [1.54, 1.807) is 18.2 Å². The lowest BCUT2D eigenvalue weighted by Gasteiger charge is -2.11. The summed E-state index contributed by atoms with van der Waals surface area (Å²) in [5, 5.41) is 21.0. The predicted molar refractivity (Wildman–Crippen MR) is 57.9 cm³/mol. The normalized spacial score (nSPS) is 25.3. The monoisotopic (exact) mass is 225 g/mol. The number of nitrogens with one attached hydrogen (secondary N) is 1. The first kappa shape index (κ1) is 10.3. The minimum atomic E-state index is -0.829. The second-order valence-electron chi connectivity index (χ2n) is 3.37. The van der Waals surface area contributed by atoms with E-state index < -0.39 is 12.0 Å². The Labute approximate surface area is 91.3 Å². The molecule has 0 spiro atoms. The molecule has 2 rings (SSSR count). The zero-order valence-corrected chi connectivity index (χ0v) is 8.70. The fourth-order valence-electron chi connectivity index (χ4n) is 1.49. The van der Waals surface area contributed by atoms with Gasteiger partial charge in [-0.2, -0.15) is 0 Å². The Bertz CT molecular complexity index is 383. The highest BCUT2D eigenvalue weighted by molar-refractivity contribution is 7.99. The Morgan fingerprint density at radius 3 is 2.93 bits per heavy atom. The van der Waals surface area contributed by atoms with Crippen molar-refractivity contribution in [2.24, 2.45) is 0 Å². The van der Waals surface area contributed by atoms with Gasteiger partial charge in [-0.1, -0.05) is 12.1 Å². The molecule has 1 fully saturated rings. The lowest BCUT2D eigenvalue weighted by atomic mass is 10.2. The summed E-state index contributed by atoms with van der Waals surface area (Å²) in [6.45, 7) is 0. The van der Waals surface area contributed by atoms with Crippen molar-refractivity contribution in [3.63, 3.8) is 0 Å². The number of hydrogen-bond acceptors (Lipinski definition) is 4. The molecule has 5 heteroatoms. The maximum Gasteiger partial charge on any atom is 0.321 e. The average Bonchev–Trinajstić information content (AvgIpc) is 2.66. The van der Waals surface area contributed by atoms with Crippen LogP contribution in [0.15, 0.2) is 24.3 Å². The highest BCUT2D eigenvalue weighted by Gasteiger charge is 2.30. The van der Waals surface area contributed by atoms with Gasteiger partial charge in [-0.3, -0.25) is 10.1 Å². The molecule has 1 unspecified atom stereocenters. The third-order valence-corrected chi connectivity index (χ3v) is 3.52. The van der Waals surface area contributed by atoms with E-state index in [4.69, 9.17) is 5.11 Å². The van der Waals surface area contributed by atoms with Gasteiger partial charge >= 0.3 is 5.97 Å². The predicted octanol–water partition coefficient (Wildman–Crippen LogP) is 1.18. The summed E-state index contributed by atoms with van der Waals surface area (Å²) < 4.78 is 0. The van der Waals surface area contributed by atoms with Gasteiger partial charge in [0.2, 0.25) is 0 Å². The minimum absolute atomic E-state index is 0.0433. The van der Waals surface area contributed by atoms with Crippen LogP contribution in [0, 0.1) is 0 Å². The van der Waals surface area contributed by atoms with Gasteiger partial charge < -0.3 is 10.2 Å². The molecule has 0 saturated carbocycles. The molecule has 0 radical (unpaired) electrons. The first-order valence-corrected chi connectivity index (χ1v) is 5.61. The van der Waals surface area contributed by atoms with Crippen LogP contribution in [0.3, 0.4) is 0 Å². The highest BCUT2D eigenvalue weighted by atomic mass is 32.2. The lowest BCUT2D eigenvalue weighted by Crippen LogP contribution is -2.33. The van der Waals surface area contributed by atoms with Gasteiger partial charge in [-0.05, 0) is 17.7 Å². The van der Waals surface area contributed by atoms with E-state index in [-0.39, 0.29) is 11.1 Å². The molecular formula is C10H11NO3S. The largest absolute Gasteiger partial charge is 0.508 e. The van der Waals surface area contributed by atoms with Crippen molar-refractivity contribution in [1.82, 2.24) is 5.32 Å². The number of benzene rings is 1. The number of carboxylic acids is 1. The lowest BCUT2D eigenvalue weighted by molar-refractivity contribution is -0.138. The van der Waals surface area contributed by atoms with E-state index in [2.05, 4.69) is 5.32 Å². The summed E-state index contributed by atoms with van der Waals surface area (Å²) in [6, 6.07) is 6.37. The topological polar surface area (TPSA) is 69.6 Å². The van der Waals surface area contributed by atoms with Gasteiger partial charge in [0.05, 0.1) is 5.37 Å². The van der Waals surface area contributed by atoms with Crippen LogP contribution in [0.1, 0.15) is 10.9 Å². The first-order chi connectivity index (χ1) is 7.16. The second-order valence-corrected chi connectivity index (χ2v) is 4.50. The number of aromatic hydroxyl groups is 1. The Hall–Kier alpha value is -1.20. The number of phenolic OH excluding ortho intramolecular Hbond substituents is 1. The van der Waals surface area contributed by atoms with Crippen LogP contribution < -0.4 is 5.32 Å². The number of thioether (sulfide) groups is 1. The molecule has 1 heterocycles. The molecule has 1 aromatic rings. The molecule has 1 aromatic carbocycles. The smallest absolute Gasteiger partial charge is 0.321 e. The van der Waals surface area contributed by atoms with E-state index in [1.807, 2.05) is 6.07 Å². The van der Waals surface area contributed by atoms with Crippen molar-refractivity contribution >= 4 is 17.7 Å². The summed E-state index contributed by atoms with van der Waals surface area (Å²) >= 11 is 1.54. The van der Waals surface area contributed by atoms with Gasteiger partial charge in [0.25, 0.3) is 0 Å². The van der Waals surface area contributed by atoms with Gasteiger partial charge in [0, 0.05) is 5.75 Å². The Kier molecular flexibility index (Phi) is 2.83. The van der Waals surface area contributed by atoms with Crippen molar-refractivity contribution < 1.29 is 15.0 Å². The molecule has 0 aromatic heterocycles. The molecule has 3 N–H and O–H groups in total. The third kappa shape index (κ3) is 2.24. The standard InChI is InChI=1S/C10H11NO3S/c12-7-3-1-2-6(4-7)9-11-8(5-15-9)10(13)14/h1-4,8-9,11-12H,5H2,(H,13,14)/t8-,9?/m1/s1. The van der Waals surface area contributed by atoms with Gasteiger partial charge in [-0.15, -0.1) is 11.8 Å². The quantitative estimate of drug-likeness (QED) is 0.705. The Balaban J connectivity index is 2.11. The van der Waals surface area contributed by atoms with E-state index in [9.17, 15) is 9.90 Å². The van der Waals surface area contributed by atoms with Gasteiger partial charge in [0.1, 0.15) is 11.8 Å². The van der Waals surface area contributed by atoms with Gasteiger partial charge in [0.15, 0.2) is 0 Å². The summed E-state index contributed by atoms with van der Waals surface area (Å²) in [6.07, 6.45) is 0. The van der Waals surface area contributed by atoms with Crippen LogP contribution in [-0.2, 0) is 4.79 Å². The number of carbonyl (C=O) groups is 1. The third-order valence-electron chi connectivity index (χ3n) is 2.25. The zero-order chi connectivity index (χ0) is 10.8. The van der Waals surface area contributed by atoms with E-state index in [1.165, 1.54) is 11.8 Å². The van der Waals surface area contributed by atoms with E-state index >= 15 is 0 Å². The van der Waals surface area contributed by atoms with E-state index in [0.717, 1.165) is 5.56 Å². The Morgan fingerprint density at radius 1 is 1.53 bits per heavy atom. The fraction of sp³-hybridized carbons (Fsp3) is 0.300. The van der Waals surface area contributed by atoms with Crippen LogP contribution in [-0.4, -0.2) is 28.0 Å². The first-order valence-electron chi connectivity index (χ1n) is 4.56. The average molecular weight is 225 g/mol. The molecule has 2 atom stereocenters. The summed E-state index contributed by atoms with van der Waals surface area (Å²) in [5.41, 5.74) is 0.906. The van der Waals surface area contributed by atoms with Crippen molar-refractivity contribution in [3.8, 4) is 5.75 Å². The number of rotatable bonds is 2. The summed E-state index contributed by atoms with van der Waals surface area (Å²) in [7, 11) is 0. The molecule has 80 valence electrons. The van der Waals surface area contributed by atoms with Crippen molar-refractivity contribution in [1.29, 1.82) is 0 Å². The van der Waals surface area contributed by atoms with Crippen LogP contribution >= 0.6 is 11.8 Å². The zero-order valence-electron chi connectivity index (χ0n) is 7.88. The second kappa shape index (κ2) is 4.12. The molecule has 0 bridgehead atoms. The fourth-order valence-corrected chi connectivity index (χ4v) is 2.72.